The van der Waals surface area contributed by atoms with Crippen LogP contribution in [0.25, 0.3) is 0 Å². The van der Waals surface area contributed by atoms with Gasteiger partial charge in [-0.15, -0.1) is 0 Å². The van der Waals surface area contributed by atoms with Crippen LogP contribution in [0.2, 0.25) is 0 Å². The third-order valence-corrected chi connectivity index (χ3v) is 2.14. The van der Waals surface area contributed by atoms with E-state index in [0.717, 1.165) is 31.0 Å². The number of aromatic nitrogens is 2. The van der Waals surface area contributed by atoms with Gasteiger partial charge in [0.15, 0.2) is 0 Å². The van der Waals surface area contributed by atoms with Crippen molar-refractivity contribution in [3.05, 3.63) is 18.1 Å². The molecule has 1 aromatic rings. The molecule has 1 aromatic heterocycles. The number of aryl methyl sites for hydroxylation is 1. The molecule has 0 amide bonds. The zero-order valence-electron chi connectivity index (χ0n) is 8.62. The van der Waals surface area contributed by atoms with Crippen LogP contribution in [0.5, 0.6) is 0 Å². The van der Waals surface area contributed by atoms with Gasteiger partial charge in [0.25, 0.3) is 0 Å². The molecule has 0 spiro atoms. The van der Waals surface area contributed by atoms with Crippen LogP contribution in [-0.2, 0) is 6.42 Å². The molecule has 0 aliphatic carbocycles. The first-order valence-electron chi connectivity index (χ1n) is 4.87. The van der Waals surface area contributed by atoms with Gasteiger partial charge in [0.1, 0.15) is 5.82 Å². The topological polar surface area (TPSA) is 29.0 Å². The first kappa shape index (κ1) is 9.96. The van der Waals surface area contributed by atoms with Gasteiger partial charge < -0.3 is 4.90 Å². The van der Waals surface area contributed by atoms with Gasteiger partial charge in [0.05, 0.1) is 18.1 Å². The van der Waals surface area contributed by atoms with Crippen molar-refractivity contribution in [3.63, 3.8) is 0 Å². The molecular formula is C10H17N3. The van der Waals surface area contributed by atoms with E-state index in [4.69, 9.17) is 0 Å². The van der Waals surface area contributed by atoms with E-state index in [1.165, 1.54) is 0 Å². The van der Waals surface area contributed by atoms with Gasteiger partial charge in [-0.2, -0.15) is 0 Å². The lowest BCUT2D eigenvalue weighted by molar-refractivity contribution is 0.833. The van der Waals surface area contributed by atoms with Gasteiger partial charge in [-0.3, -0.25) is 4.98 Å². The highest BCUT2D eigenvalue weighted by Crippen LogP contribution is 2.07. The second kappa shape index (κ2) is 4.80. The summed E-state index contributed by atoms with van der Waals surface area (Å²) >= 11 is 0. The lowest BCUT2D eigenvalue weighted by Crippen LogP contribution is -2.23. The van der Waals surface area contributed by atoms with Crippen LogP contribution in [0.1, 0.15) is 26.5 Å². The largest absolute Gasteiger partial charge is 0.356 e. The Labute approximate surface area is 79.8 Å². The molecule has 3 heteroatoms. The minimum Gasteiger partial charge on any atom is -0.356 e. The third-order valence-electron chi connectivity index (χ3n) is 2.14. The Hall–Kier alpha value is -1.12. The van der Waals surface area contributed by atoms with Gasteiger partial charge in [-0.25, -0.2) is 4.98 Å². The van der Waals surface area contributed by atoms with Crippen molar-refractivity contribution in [2.75, 3.05) is 18.0 Å². The fraction of sp³-hybridized carbons (Fsp3) is 0.600. The molecule has 0 fully saturated rings. The van der Waals surface area contributed by atoms with Gasteiger partial charge in [0, 0.05) is 13.1 Å². The van der Waals surface area contributed by atoms with Crippen LogP contribution >= 0.6 is 0 Å². The number of hydrogen-bond acceptors (Lipinski definition) is 3. The van der Waals surface area contributed by atoms with E-state index >= 15 is 0 Å². The fourth-order valence-corrected chi connectivity index (χ4v) is 1.24. The molecule has 0 saturated heterocycles. The molecule has 0 unspecified atom stereocenters. The highest BCUT2D eigenvalue weighted by Gasteiger charge is 2.02. The van der Waals surface area contributed by atoms with Crippen LogP contribution < -0.4 is 4.90 Å². The highest BCUT2D eigenvalue weighted by molar-refractivity contribution is 5.35. The molecule has 0 radical (unpaired) electrons. The molecule has 0 aromatic carbocycles. The van der Waals surface area contributed by atoms with Crippen molar-refractivity contribution >= 4 is 5.82 Å². The van der Waals surface area contributed by atoms with Crippen LogP contribution in [0.4, 0.5) is 5.82 Å². The quantitative estimate of drug-likeness (QED) is 0.706. The monoisotopic (exact) mass is 179 g/mol. The normalized spacial score (nSPS) is 10.1. The van der Waals surface area contributed by atoms with E-state index in [9.17, 15) is 0 Å². The SMILES string of the molecule is CCc1cnc(N(CC)CC)cn1. The summed E-state index contributed by atoms with van der Waals surface area (Å²) in [6.07, 6.45) is 4.66. The van der Waals surface area contributed by atoms with E-state index in [0.29, 0.717) is 0 Å². The Morgan fingerprint density at radius 3 is 2.15 bits per heavy atom. The molecule has 1 rings (SSSR count). The summed E-state index contributed by atoms with van der Waals surface area (Å²) in [5, 5.41) is 0. The Bertz CT molecular complexity index is 239. The van der Waals surface area contributed by atoms with E-state index in [1.54, 1.807) is 0 Å². The minimum atomic E-state index is 0.950. The summed E-state index contributed by atoms with van der Waals surface area (Å²) in [6, 6.07) is 0. The second-order valence-corrected chi connectivity index (χ2v) is 2.89. The van der Waals surface area contributed by atoms with Gasteiger partial charge in [-0.1, -0.05) is 6.92 Å². The molecule has 0 atom stereocenters. The molecule has 72 valence electrons. The molecule has 13 heavy (non-hydrogen) atoms. The average Bonchev–Trinajstić information content (AvgIpc) is 2.21. The first-order chi connectivity index (χ1) is 6.31. The zero-order valence-corrected chi connectivity index (χ0v) is 8.62. The molecule has 0 bridgehead atoms. The third kappa shape index (κ3) is 2.41. The second-order valence-electron chi connectivity index (χ2n) is 2.89. The maximum Gasteiger partial charge on any atom is 0.147 e. The maximum absolute atomic E-state index is 4.35. The Kier molecular flexibility index (Phi) is 3.68. The number of hydrogen-bond donors (Lipinski definition) is 0. The van der Waals surface area contributed by atoms with Crippen LogP contribution in [0.15, 0.2) is 12.4 Å². The molecule has 0 saturated carbocycles. The molecular weight excluding hydrogens is 162 g/mol. The molecule has 0 aliphatic rings. The average molecular weight is 179 g/mol. The summed E-state index contributed by atoms with van der Waals surface area (Å²) in [5.41, 5.74) is 1.05. The minimum absolute atomic E-state index is 0.950. The van der Waals surface area contributed by atoms with Crippen molar-refractivity contribution in [3.8, 4) is 0 Å². The fourth-order valence-electron chi connectivity index (χ4n) is 1.24. The molecule has 0 N–H and O–H groups in total. The summed E-state index contributed by atoms with van der Waals surface area (Å²) in [6.45, 7) is 8.30. The lowest BCUT2D eigenvalue weighted by atomic mass is 10.3. The van der Waals surface area contributed by atoms with Crippen molar-refractivity contribution in [1.82, 2.24) is 9.97 Å². The van der Waals surface area contributed by atoms with Crippen LogP contribution in [0.3, 0.4) is 0 Å². The smallest absolute Gasteiger partial charge is 0.147 e. The van der Waals surface area contributed by atoms with E-state index in [1.807, 2.05) is 12.4 Å². The Morgan fingerprint density at radius 2 is 1.77 bits per heavy atom. The summed E-state index contributed by atoms with van der Waals surface area (Å²) in [4.78, 5) is 10.9. The maximum atomic E-state index is 4.35. The predicted molar refractivity (Wildman–Crippen MR) is 55.0 cm³/mol. The highest BCUT2D eigenvalue weighted by atomic mass is 15.2. The van der Waals surface area contributed by atoms with Crippen LogP contribution in [0, 0.1) is 0 Å². The lowest BCUT2D eigenvalue weighted by Gasteiger charge is -2.18. The van der Waals surface area contributed by atoms with E-state index < -0.39 is 0 Å². The predicted octanol–water partition coefficient (Wildman–Crippen LogP) is 1.89. The number of rotatable bonds is 4. The molecule has 1 heterocycles. The van der Waals surface area contributed by atoms with Crippen LogP contribution in [-0.4, -0.2) is 23.1 Å². The number of nitrogens with zero attached hydrogens (tertiary/aromatic N) is 3. The summed E-state index contributed by atoms with van der Waals surface area (Å²) in [7, 11) is 0. The number of anilines is 1. The molecule has 0 aliphatic heterocycles. The van der Waals surface area contributed by atoms with Crippen molar-refractivity contribution in [2.24, 2.45) is 0 Å². The van der Waals surface area contributed by atoms with E-state index in [-0.39, 0.29) is 0 Å². The zero-order chi connectivity index (χ0) is 9.68. The Morgan fingerprint density at radius 1 is 1.08 bits per heavy atom. The summed E-state index contributed by atoms with van der Waals surface area (Å²) < 4.78 is 0. The van der Waals surface area contributed by atoms with Gasteiger partial charge >= 0.3 is 0 Å². The van der Waals surface area contributed by atoms with Crippen molar-refractivity contribution < 1.29 is 0 Å². The van der Waals surface area contributed by atoms with E-state index in [2.05, 4.69) is 35.6 Å². The Balaban J connectivity index is 2.78. The summed E-state index contributed by atoms with van der Waals surface area (Å²) in [5.74, 6) is 0.974. The van der Waals surface area contributed by atoms with Gasteiger partial charge in [0.2, 0.25) is 0 Å². The van der Waals surface area contributed by atoms with Gasteiger partial charge in [-0.05, 0) is 20.3 Å². The molecule has 3 nitrogen and oxygen atoms in total. The standard InChI is InChI=1S/C10H17N3/c1-4-9-7-12-10(8-11-9)13(5-2)6-3/h7-8H,4-6H2,1-3H3. The van der Waals surface area contributed by atoms with Crippen molar-refractivity contribution in [1.29, 1.82) is 0 Å². The van der Waals surface area contributed by atoms with Crippen molar-refractivity contribution in [2.45, 2.75) is 27.2 Å². The first-order valence-corrected chi connectivity index (χ1v) is 4.87.